The molecule has 4 heteroatoms. The quantitative estimate of drug-likeness (QED) is 0.848. The predicted octanol–water partition coefficient (Wildman–Crippen LogP) is 2.75. The van der Waals surface area contributed by atoms with E-state index in [0.717, 1.165) is 18.0 Å². The van der Waals surface area contributed by atoms with E-state index in [1.54, 1.807) is 7.11 Å². The van der Waals surface area contributed by atoms with Gasteiger partial charge in [0, 0.05) is 18.5 Å². The maximum Gasteiger partial charge on any atom is 0.242 e. The third kappa shape index (κ3) is 1.76. The van der Waals surface area contributed by atoms with E-state index in [4.69, 9.17) is 4.74 Å². The summed E-state index contributed by atoms with van der Waals surface area (Å²) in [6.45, 7) is 0.768. The molecule has 4 rings (SSSR count). The highest BCUT2D eigenvalue weighted by atomic mass is 16.5. The normalized spacial score (nSPS) is 20.5. The highest BCUT2D eigenvalue weighted by Gasteiger charge is 2.44. The molecule has 106 valence electrons. The lowest BCUT2D eigenvalue weighted by molar-refractivity contribution is -0.117. The molecule has 0 N–H and O–H groups in total. The predicted molar refractivity (Wildman–Crippen MR) is 80.1 cm³/mol. The number of benzene rings is 2. The van der Waals surface area contributed by atoms with Gasteiger partial charge in [0.2, 0.25) is 5.91 Å². The first-order chi connectivity index (χ1) is 10.3. The first-order valence-corrected chi connectivity index (χ1v) is 7.12. The number of ether oxygens (including phenoxy) is 1. The van der Waals surface area contributed by atoms with Gasteiger partial charge in [0.1, 0.15) is 5.75 Å². The zero-order valence-electron chi connectivity index (χ0n) is 11.8. The molecule has 0 radical (unpaired) electrons. The van der Waals surface area contributed by atoms with E-state index in [9.17, 15) is 4.79 Å². The molecule has 1 amide bonds. The molecule has 2 aliphatic rings. The molecular weight excluding hydrogens is 264 g/mol. The van der Waals surface area contributed by atoms with Gasteiger partial charge in [-0.05, 0) is 23.8 Å². The van der Waals surface area contributed by atoms with E-state index >= 15 is 0 Å². The Balaban J connectivity index is 1.82. The van der Waals surface area contributed by atoms with Gasteiger partial charge in [-0.15, -0.1) is 0 Å². The Morgan fingerprint density at radius 1 is 1.10 bits per heavy atom. The molecule has 0 aliphatic carbocycles. The van der Waals surface area contributed by atoms with Gasteiger partial charge < -0.3 is 4.74 Å². The zero-order valence-corrected chi connectivity index (χ0v) is 11.8. The van der Waals surface area contributed by atoms with Crippen molar-refractivity contribution in [3.8, 4) is 5.75 Å². The highest BCUT2D eigenvalue weighted by molar-refractivity contribution is 5.97. The van der Waals surface area contributed by atoms with Gasteiger partial charge in [-0.2, -0.15) is 0 Å². The second kappa shape index (κ2) is 4.60. The van der Waals surface area contributed by atoms with E-state index in [1.807, 2.05) is 35.3 Å². The third-order valence-electron chi connectivity index (χ3n) is 4.24. The number of anilines is 1. The van der Waals surface area contributed by atoms with Crippen molar-refractivity contribution in [1.29, 1.82) is 0 Å². The van der Waals surface area contributed by atoms with Crippen molar-refractivity contribution in [2.24, 2.45) is 0 Å². The number of fused-ring (bicyclic) bond motifs is 3. The molecule has 1 unspecified atom stereocenters. The van der Waals surface area contributed by atoms with Crippen LogP contribution in [0.4, 0.5) is 5.69 Å². The Morgan fingerprint density at radius 3 is 2.62 bits per heavy atom. The van der Waals surface area contributed by atoms with Crippen molar-refractivity contribution in [2.45, 2.75) is 12.5 Å². The molecule has 21 heavy (non-hydrogen) atoms. The van der Waals surface area contributed by atoms with Crippen LogP contribution in [0.15, 0.2) is 48.5 Å². The summed E-state index contributed by atoms with van der Waals surface area (Å²) in [5.41, 5.74) is 3.39. The van der Waals surface area contributed by atoms with Crippen molar-refractivity contribution < 1.29 is 9.53 Å². The first-order valence-electron chi connectivity index (χ1n) is 7.12. The van der Waals surface area contributed by atoms with Crippen LogP contribution < -0.4 is 9.75 Å². The summed E-state index contributed by atoms with van der Waals surface area (Å²) in [7, 11) is 1.67. The average molecular weight is 280 g/mol. The minimum absolute atomic E-state index is 0.110. The fourth-order valence-corrected chi connectivity index (χ4v) is 3.29. The SMILES string of the molecule is COc1ccc(C2c3ccccc3N3C(=O)CCN23)cc1. The highest BCUT2D eigenvalue weighted by Crippen LogP contribution is 2.46. The standard InChI is InChI=1S/C17H16N2O2/c1-21-13-8-6-12(7-9-13)17-14-4-2-3-5-15(14)19-16(20)10-11-18(17)19/h2-9,17H,10-11H2,1H3. The molecule has 1 fully saturated rings. The number of amides is 1. The molecule has 1 saturated heterocycles. The molecule has 0 aromatic heterocycles. The lowest BCUT2D eigenvalue weighted by atomic mass is 9.98. The van der Waals surface area contributed by atoms with Gasteiger partial charge in [-0.1, -0.05) is 30.3 Å². The average Bonchev–Trinajstić information content (AvgIpc) is 3.06. The first kappa shape index (κ1) is 12.4. The molecule has 0 spiro atoms. The minimum Gasteiger partial charge on any atom is -0.497 e. The number of para-hydroxylation sites is 1. The number of hydrogen-bond donors (Lipinski definition) is 0. The molecule has 2 aliphatic heterocycles. The maximum atomic E-state index is 12.2. The van der Waals surface area contributed by atoms with E-state index in [0.29, 0.717) is 6.42 Å². The van der Waals surface area contributed by atoms with Crippen LogP contribution in [0.5, 0.6) is 5.75 Å². The molecular formula is C17H16N2O2. The van der Waals surface area contributed by atoms with Gasteiger partial charge in [0.25, 0.3) is 0 Å². The third-order valence-corrected chi connectivity index (χ3v) is 4.24. The van der Waals surface area contributed by atoms with E-state index in [-0.39, 0.29) is 11.9 Å². The van der Waals surface area contributed by atoms with Gasteiger partial charge in [0.05, 0.1) is 18.8 Å². The van der Waals surface area contributed by atoms with Crippen LogP contribution in [-0.2, 0) is 4.79 Å². The Kier molecular flexibility index (Phi) is 2.72. The fraction of sp³-hybridized carbons (Fsp3) is 0.235. The summed E-state index contributed by atoms with van der Waals surface area (Å²) in [4.78, 5) is 12.2. The van der Waals surface area contributed by atoms with Crippen molar-refractivity contribution >= 4 is 11.6 Å². The fourth-order valence-electron chi connectivity index (χ4n) is 3.29. The van der Waals surface area contributed by atoms with E-state index in [2.05, 4.69) is 23.2 Å². The smallest absolute Gasteiger partial charge is 0.242 e. The molecule has 4 nitrogen and oxygen atoms in total. The van der Waals surface area contributed by atoms with Crippen molar-refractivity contribution in [2.75, 3.05) is 18.7 Å². The topological polar surface area (TPSA) is 32.8 Å². The summed E-state index contributed by atoms with van der Waals surface area (Å²) in [6.07, 6.45) is 0.584. The number of nitrogens with zero attached hydrogens (tertiary/aromatic N) is 2. The Bertz CT molecular complexity index is 696. The number of carbonyl (C=O) groups excluding carboxylic acids is 1. The Labute approximate surface area is 123 Å². The van der Waals surface area contributed by atoms with Crippen molar-refractivity contribution in [1.82, 2.24) is 5.01 Å². The van der Waals surface area contributed by atoms with Crippen molar-refractivity contribution in [3.63, 3.8) is 0 Å². The summed E-state index contributed by atoms with van der Waals surface area (Å²) in [5.74, 6) is 1.03. The number of hydrazine groups is 1. The second-order valence-electron chi connectivity index (χ2n) is 5.35. The summed E-state index contributed by atoms with van der Waals surface area (Å²) in [5, 5.41) is 4.00. The monoisotopic (exact) mass is 280 g/mol. The number of methoxy groups -OCH3 is 1. The Hall–Kier alpha value is -2.33. The van der Waals surface area contributed by atoms with Gasteiger partial charge in [0.15, 0.2) is 0 Å². The molecule has 2 heterocycles. The minimum atomic E-state index is 0.110. The van der Waals surface area contributed by atoms with Crippen LogP contribution in [0, 0.1) is 0 Å². The molecule has 1 atom stereocenters. The van der Waals surface area contributed by atoms with Gasteiger partial charge in [-0.3, -0.25) is 4.79 Å². The molecule has 0 bridgehead atoms. The zero-order chi connectivity index (χ0) is 14.4. The summed E-state index contributed by atoms with van der Waals surface area (Å²) >= 11 is 0. The molecule has 2 aromatic rings. The van der Waals surface area contributed by atoms with Crippen LogP contribution >= 0.6 is 0 Å². The van der Waals surface area contributed by atoms with Crippen LogP contribution in [0.25, 0.3) is 0 Å². The summed E-state index contributed by atoms with van der Waals surface area (Å²) in [6, 6.07) is 16.3. The lowest BCUT2D eigenvalue weighted by Gasteiger charge is -2.25. The molecule has 0 saturated carbocycles. The van der Waals surface area contributed by atoms with E-state index in [1.165, 1.54) is 11.1 Å². The lowest BCUT2D eigenvalue weighted by Crippen LogP contribution is -2.35. The van der Waals surface area contributed by atoms with Gasteiger partial charge in [-0.25, -0.2) is 10.0 Å². The number of rotatable bonds is 2. The summed E-state index contributed by atoms with van der Waals surface area (Å²) < 4.78 is 5.23. The molecule has 2 aromatic carbocycles. The Morgan fingerprint density at radius 2 is 1.86 bits per heavy atom. The maximum absolute atomic E-state index is 12.2. The van der Waals surface area contributed by atoms with Crippen LogP contribution in [0.3, 0.4) is 0 Å². The van der Waals surface area contributed by atoms with Crippen LogP contribution in [0.1, 0.15) is 23.6 Å². The van der Waals surface area contributed by atoms with Crippen molar-refractivity contribution in [3.05, 3.63) is 59.7 Å². The number of hydrogen-bond acceptors (Lipinski definition) is 3. The van der Waals surface area contributed by atoms with E-state index < -0.39 is 0 Å². The second-order valence-corrected chi connectivity index (χ2v) is 5.35. The number of carbonyl (C=O) groups is 1. The van der Waals surface area contributed by atoms with Crippen LogP contribution in [0.2, 0.25) is 0 Å². The van der Waals surface area contributed by atoms with Crippen LogP contribution in [-0.4, -0.2) is 24.6 Å². The largest absolute Gasteiger partial charge is 0.497 e. The van der Waals surface area contributed by atoms with Gasteiger partial charge >= 0.3 is 0 Å².